The molecule has 6 nitrogen and oxygen atoms in total. The van der Waals surface area contributed by atoms with Crippen LogP contribution in [-0.4, -0.2) is 27.0 Å². The van der Waals surface area contributed by atoms with Crippen molar-refractivity contribution in [3.05, 3.63) is 53.6 Å². The molecule has 2 aromatic carbocycles. The number of carbonyl (C=O) groups is 1. The zero-order valence-electron chi connectivity index (χ0n) is 16.6. The molecule has 1 amide bonds. The number of sulfonamides is 1. The number of hydrogen-bond acceptors (Lipinski definition) is 4. The highest BCUT2D eigenvalue weighted by Crippen LogP contribution is 2.24. The largest absolute Gasteiger partial charge is 0.483 e. The van der Waals surface area contributed by atoms with Crippen LogP contribution in [0.15, 0.2) is 41.3 Å². The first-order chi connectivity index (χ1) is 14.2. The van der Waals surface area contributed by atoms with Crippen LogP contribution in [-0.2, 0) is 14.8 Å². The molecule has 0 aliphatic heterocycles. The van der Waals surface area contributed by atoms with Gasteiger partial charge in [0, 0.05) is 17.8 Å². The molecule has 1 aliphatic rings. The molecule has 0 bridgehead atoms. The van der Waals surface area contributed by atoms with E-state index in [1.54, 1.807) is 6.92 Å². The Morgan fingerprint density at radius 1 is 1.07 bits per heavy atom. The minimum Gasteiger partial charge on any atom is -0.483 e. The van der Waals surface area contributed by atoms with Crippen LogP contribution in [0.2, 0.25) is 0 Å². The van der Waals surface area contributed by atoms with Crippen molar-refractivity contribution >= 4 is 21.6 Å². The van der Waals surface area contributed by atoms with Crippen molar-refractivity contribution in [1.82, 2.24) is 4.72 Å². The summed E-state index contributed by atoms with van der Waals surface area (Å²) in [6.45, 7) is 1.31. The molecule has 30 heavy (non-hydrogen) atoms. The van der Waals surface area contributed by atoms with Crippen LogP contribution in [0.5, 0.6) is 5.75 Å². The van der Waals surface area contributed by atoms with E-state index in [0.717, 1.165) is 44.2 Å². The molecule has 2 N–H and O–H groups in total. The summed E-state index contributed by atoms with van der Waals surface area (Å²) in [6.07, 6.45) is 4.85. The monoisotopic (exact) mass is 438 g/mol. The minimum atomic E-state index is -3.63. The number of benzene rings is 2. The van der Waals surface area contributed by atoms with Crippen LogP contribution in [0.1, 0.15) is 37.7 Å². The van der Waals surface area contributed by atoms with E-state index < -0.39 is 27.6 Å². The van der Waals surface area contributed by atoms with Gasteiger partial charge in [0.25, 0.3) is 5.91 Å². The second kappa shape index (κ2) is 9.53. The maximum Gasteiger partial charge on any atom is 0.262 e. The van der Waals surface area contributed by atoms with Gasteiger partial charge in [0.1, 0.15) is 5.75 Å². The Labute approximate surface area is 174 Å². The fraction of sp³-hybridized carbons (Fsp3) is 0.381. The first-order valence-corrected chi connectivity index (χ1v) is 11.2. The number of aryl methyl sites for hydroxylation is 1. The molecule has 2 aromatic rings. The molecular weight excluding hydrogens is 414 g/mol. The average Bonchev–Trinajstić information content (AvgIpc) is 2.70. The molecule has 0 spiro atoms. The Kier molecular flexibility index (Phi) is 7.04. The number of ether oxygens (including phenoxy) is 1. The Bertz CT molecular complexity index is 1020. The van der Waals surface area contributed by atoms with E-state index in [2.05, 4.69) is 10.0 Å². The number of amides is 1. The standard InChI is InChI=1S/C21H24F2N2O4S/c1-14-11-17(30(27,28)25-15-5-3-2-4-6-15)8-10-20(14)29-13-21(26)24-16-7-9-18(22)19(23)12-16/h7-12,15,25H,2-6,13H2,1H3,(H,24,26). The molecular formula is C21H24F2N2O4S. The van der Waals surface area contributed by atoms with Gasteiger partial charge in [-0.2, -0.15) is 0 Å². The predicted molar refractivity (Wildman–Crippen MR) is 109 cm³/mol. The number of hydrogen-bond donors (Lipinski definition) is 2. The molecule has 162 valence electrons. The fourth-order valence-electron chi connectivity index (χ4n) is 3.37. The first kappa shape index (κ1) is 22.2. The number of carbonyl (C=O) groups excluding carboxylic acids is 1. The van der Waals surface area contributed by atoms with Crippen molar-refractivity contribution in [2.24, 2.45) is 0 Å². The summed E-state index contributed by atoms with van der Waals surface area (Å²) in [5.74, 6) is -2.28. The summed E-state index contributed by atoms with van der Waals surface area (Å²) < 4.78 is 59.6. The maximum absolute atomic E-state index is 13.2. The second-order valence-electron chi connectivity index (χ2n) is 7.35. The third-order valence-corrected chi connectivity index (χ3v) is 6.46. The van der Waals surface area contributed by atoms with E-state index in [4.69, 9.17) is 4.74 Å². The average molecular weight is 438 g/mol. The molecule has 0 atom stereocenters. The van der Waals surface area contributed by atoms with Crippen LogP contribution in [0.25, 0.3) is 0 Å². The van der Waals surface area contributed by atoms with Crippen LogP contribution in [0, 0.1) is 18.6 Å². The normalized spacial score (nSPS) is 15.0. The van der Waals surface area contributed by atoms with Crippen LogP contribution in [0.4, 0.5) is 14.5 Å². The summed E-state index contributed by atoms with van der Waals surface area (Å²) in [6, 6.07) is 7.40. The Balaban J connectivity index is 1.59. The van der Waals surface area contributed by atoms with Gasteiger partial charge in [0.05, 0.1) is 4.90 Å². The third-order valence-electron chi connectivity index (χ3n) is 4.95. The van der Waals surface area contributed by atoms with Crippen molar-refractivity contribution in [3.63, 3.8) is 0 Å². The van der Waals surface area contributed by atoms with E-state index >= 15 is 0 Å². The zero-order chi connectivity index (χ0) is 21.7. The van der Waals surface area contributed by atoms with Crippen LogP contribution >= 0.6 is 0 Å². The molecule has 1 aliphatic carbocycles. The molecule has 1 fully saturated rings. The summed E-state index contributed by atoms with van der Waals surface area (Å²) in [5, 5.41) is 2.40. The first-order valence-electron chi connectivity index (χ1n) is 9.75. The van der Waals surface area contributed by atoms with Crippen molar-refractivity contribution in [1.29, 1.82) is 0 Å². The van der Waals surface area contributed by atoms with Gasteiger partial charge in [-0.1, -0.05) is 19.3 Å². The van der Waals surface area contributed by atoms with Crippen LogP contribution in [0.3, 0.4) is 0 Å². The second-order valence-corrected chi connectivity index (χ2v) is 9.06. The summed E-state index contributed by atoms with van der Waals surface area (Å²) in [4.78, 5) is 12.1. The van der Waals surface area contributed by atoms with Gasteiger partial charge in [0.15, 0.2) is 18.2 Å². The summed E-state index contributed by atoms with van der Waals surface area (Å²) >= 11 is 0. The summed E-state index contributed by atoms with van der Waals surface area (Å²) in [5.41, 5.74) is 0.664. The molecule has 0 unspecified atom stereocenters. The topological polar surface area (TPSA) is 84.5 Å². The van der Waals surface area contributed by atoms with Gasteiger partial charge in [-0.05, 0) is 55.7 Å². The number of halogens is 2. The predicted octanol–water partition coefficient (Wildman–Crippen LogP) is 3.90. The smallest absolute Gasteiger partial charge is 0.262 e. The number of nitrogens with one attached hydrogen (secondary N) is 2. The maximum atomic E-state index is 13.2. The molecule has 0 aromatic heterocycles. The molecule has 9 heteroatoms. The van der Waals surface area contributed by atoms with Crippen LogP contribution < -0.4 is 14.8 Å². The van der Waals surface area contributed by atoms with E-state index in [1.165, 1.54) is 24.3 Å². The van der Waals surface area contributed by atoms with Crippen molar-refractivity contribution in [2.75, 3.05) is 11.9 Å². The number of anilines is 1. The molecule has 1 saturated carbocycles. The van der Waals surface area contributed by atoms with Gasteiger partial charge >= 0.3 is 0 Å². The number of rotatable bonds is 7. The van der Waals surface area contributed by atoms with Gasteiger partial charge in [0.2, 0.25) is 10.0 Å². The summed E-state index contributed by atoms with van der Waals surface area (Å²) in [7, 11) is -3.63. The molecule has 3 rings (SSSR count). The van der Waals surface area contributed by atoms with Crippen molar-refractivity contribution in [2.45, 2.75) is 50.0 Å². The van der Waals surface area contributed by atoms with Gasteiger partial charge in [-0.3, -0.25) is 4.79 Å². The Morgan fingerprint density at radius 3 is 2.47 bits per heavy atom. The third kappa shape index (κ3) is 5.76. The Morgan fingerprint density at radius 2 is 1.80 bits per heavy atom. The fourth-order valence-corrected chi connectivity index (χ4v) is 4.76. The lowest BCUT2D eigenvalue weighted by Crippen LogP contribution is -2.36. The van der Waals surface area contributed by atoms with Gasteiger partial charge < -0.3 is 10.1 Å². The van der Waals surface area contributed by atoms with E-state index in [0.29, 0.717) is 11.3 Å². The highest BCUT2D eigenvalue weighted by molar-refractivity contribution is 7.89. The van der Waals surface area contributed by atoms with Crippen molar-refractivity contribution in [3.8, 4) is 5.75 Å². The van der Waals surface area contributed by atoms with E-state index in [9.17, 15) is 22.0 Å². The minimum absolute atomic E-state index is 0.0417. The van der Waals surface area contributed by atoms with Crippen molar-refractivity contribution < 1.29 is 26.7 Å². The van der Waals surface area contributed by atoms with E-state index in [-0.39, 0.29) is 23.2 Å². The lowest BCUT2D eigenvalue weighted by atomic mass is 9.96. The highest BCUT2D eigenvalue weighted by atomic mass is 32.2. The lowest BCUT2D eigenvalue weighted by Gasteiger charge is -2.22. The van der Waals surface area contributed by atoms with Gasteiger partial charge in [-0.25, -0.2) is 21.9 Å². The molecule has 0 radical (unpaired) electrons. The zero-order valence-corrected chi connectivity index (χ0v) is 17.4. The molecule has 0 heterocycles. The SMILES string of the molecule is Cc1cc(S(=O)(=O)NC2CCCCC2)ccc1OCC(=O)Nc1ccc(F)c(F)c1. The van der Waals surface area contributed by atoms with E-state index in [1.807, 2.05) is 0 Å². The lowest BCUT2D eigenvalue weighted by molar-refractivity contribution is -0.118. The molecule has 0 saturated heterocycles. The quantitative estimate of drug-likeness (QED) is 0.687. The highest BCUT2D eigenvalue weighted by Gasteiger charge is 2.22. The Hall–Kier alpha value is -2.52. The van der Waals surface area contributed by atoms with Gasteiger partial charge in [-0.15, -0.1) is 0 Å².